The Morgan fingerprint density at radius 1 is 1.33 bits per heavy atom. The third kappa shape index (κ3) is 3.80. The molecule has 1 saturated heterocycles. The van der Waals surface area contributed by atoms with Gasteiger partial charge in [0.05, 0.1) is 13.2 Å². The average molecular weight is 328 g/mol. The van der Waals surface area contributed by atoms with E-state index < -0.39 is 5.69 Å². The van der Waals surface area contributed by atoms with Gasteiger partial charge in [-0.25, -0.2) is 9.78 Å². The normalized spacial score (nSPS) is 14.5. The van der Waals surface area contributed by atoms with Gasteiger partial charge in [0, 0.05) is 36.9 Å². The van der Waals surface area contributed by atoms with Crippen LogP contribution in [-0.4, -0.2) is 41.8 Å². The summed E-state index contributed by atoms with van der Waals surface area (Å²) in [6.07, 6.45) is 2.95. The smallest absolute Gasteiger partial charge is 0.347 e. The highest BCUT2D eigenvalue weighted by molar-refractivity contribution is 5.91. The summed E-state index contributed by atoms with van der Waals surface area (Å²) < 4.78 is 6.63. The number of hydrogen-bond donors (Lipinski definition) is 1. The molecule has 0 unspecified atom stereocenters. The average Bonchev–Trinajstić information content (AvgIpc) is 2.59. The summed E-state index contributed by atoms with van der Waals surface area (Å²) in [5.41, 5.74) is 2.41. The number of morpholine rings is 1. The van der Waals surface area contributed by atoms with Crippen molar-refractivity contribution in [3.05, 3.63) is 52.7 Å². The lowest BCUT2D eigenvalue weighted by Crippen LogP contribution is -2.36. The van der Waals surface area contributed by atoms with Gasteiger partial charge in [0.2, 0.25) is 5.91 Å². The molecule has 1 fully saturated rings. The van der Waals surface area contributed by atoms with E-state index in [0.29, 0.717) is 0 Å². The minimum Gasteiger partial charge on any atom is -0.378 e. The number of anilines is 2. The predicted molar refractivity (Wildman–Crippen MR) is 91.3 cm³/mol. The van der Waals surface area contributed by atoms with Crippen LogP contribution in [0.3, 0.4) is 0 Å². The number of nitrogens with one attached hydrogen (secondary N) is 1. The van der Waals surface area contributed by atoms with E-state index in [0.717, 1.165) is 43.2 Å². The second-order valence-electron chi connectivity index (χ2n) is 5.68. The van der Waals surface area contributed by atoms with E-state index in [1.165, 1.54) is 10.8 Å². The third-order valence-electron chi connectivity index (χ3n) is 3.96. The first-order valence-electron chi connectivity index (χ1n) is 7.88. The summed E-state index contributed by atoms with van der Waals surface area (Å²) in [6.45, 7) is 5.10. The zero-order valence-corrected chi connectivity index (χ0v) is 13.6. The number of ether oxygens (including phenoxy) is 1. The van der Waals surface area contributed by atoms with E-state index in [9.17, 15) is 9.59 Å². The number of aryl methyl sites for hydroxylation is 1. The Kier molecular flexibility index (Phi) is 4.90. The van der Waals surface area contributed by atoms with E-state index in [-0.39, 0.29) is 12.5 Å². The molecule has 1 aromatic carbocycles. The molecule has 0 saturated carbocycles. The Morgan fingerprint density at radius 3 is 2.83 bits per heavy atom. The van der Waals surface area contributed by atoms with Crippen LogP contribution in [0.2, 0.25) is 0 Å². The highest BCUT2D eigenvalue weighted by Crippen LogP contribution is 2.23. The molecular formula is C17H20N4O3. The molecule has 2 heterocycles. The van der Waals surface area contributed by atoms with Gasteiger partial charge in [-0.3, -0.25) is 9.36 Å². The molecule has 7 heteroatoms. The van der Waals surface area contributed by atoms with Crippen molar-refractivity contribution in [1.82, 2.24) is 9.55 Å². The number of benzene rings is 1. The predicted octanol–water partition coefficient (Wildman–Crippen LogP) is 1.03. The Balaban J connectivity index is 1.67. The topological polar surface area (TPSA) is 76.5 Å². The molecule has 3 rings (SSSR count). The van der Waals surface area contributed by atoms with Crippen molar-refractivity contribution in [2.75, 3.05) is 36.5 Å². The molecule has 0 aliphatic carbocycles. The summed E-state index contributed by atoms with van der Waals surface area (Å²) in [5.74, 6) is -0.257. The molecule has 1 N–H and O–H groups in total. The first-order valence-corrected chi connectivity index (χ1v) is 7.88. The molecule has 0 radical (unpaired) electrons. The standard InChI is InChI=1S/C17H20N4O3/c1-13-11-14(20-7-9-24-10-8-20)3-4-15(13)19-16(22)12-21-6-2-5-18-17(21)23/h2-6,11H,7-10,12H2,1H3,(H,19,22). The van der Waals surface area contributed by atoms with E-state index in [2.05, 4.69) is 21.3 Å². The maximum atomic E-state index is 12.1. The fourth-order valence-electron chi connectivity index (χ4n) is 2.66. The van der Waals surface area contributed by atoms with Crippen molar-refractivity contribution < 1.29 is 9.53 Å². The fourth-order valence-corrected chi connectivity index (χ4v) is 2.66. The van der Waals surface area contributed by atoms with Crippen molar-refractivity contribution >= 4 is 17.3 Å². The van der Waals surface area contributed by atoms with Crippen molar-refractivity contribution in [3.63, 3.8) is 0 Å². The molecule has 126 valence electrons. The SMILES string of the molecule is Cc1cc(N2CCOCC2)ccc1NC(=O)Cn1cccnc1=O. The molecule has 0 spiro atoms. The highest BCUT2D eigenvalue weighted by atomic mass is 16.5. The minimum absolute atomic E-state index is 0.0582. The fraction of sp³-hybridized carbons (Fsp3) is 0.353. The molecule has 1 aliphatic rings. The van der Waals surface area contributed by atoms with Crippen LogP contribution in [-0.2, 0) is 16.1 Å². The summed E-state index contributed by atoms with van der Waals surface area (Å²) in [4.78, 5) is 29.6. The van der Waals surface area contributed by atoms with Crippen LogP contribution < -0.4 is 15.9 Å². The van der Waals surface area contributed by atoms with Gasteiger partial charge >= 0.3 is 5.69 Å². The lowest BCUT2D eigenvalue weighted by atomic mass is 10.1. The van der Waals surface area contributed by atoms with Gasteiger partial charge in [0.15, 0.2) is 0 Å². The van der Waals surface area contributed by atoms with Crippen molar-refractivity contribution in [3.8, 4) is 0 Å². The molecule has 2 aromatic rings. The minimum atomic E-state index is -0.438. The number of carbonyl (C=O) groups is 1. The quantitative estimate of drug-likeness (QED) is 0.907. The second-order valence-corrected chi connectivity index (χ2v) is 5.68. The molecule has 1 aromatic heterocycles. The van der Waals surface area contributed by atoms with Crippen LogP contribution in [0.5, 0.6) is 0 Å². The Morgan fingerprint density at radius 2 is 2.12 bits per heavy atom. The number of nitrogens with zero attached hydrogens (tertiary/aromatic N) is 3. The van der Waals surface area contributed by atoms with Gasteiger partial charge in [-0.15, -0.1) is 0 Å². The van der Waals surface area contributed by atoms with Gasteiger partial charge in [-0.05, 0) is 36.8 Å². The first-order chi connectivity index (χ1) is 11.6. The van der Waals surface area contributed by atoms with E-state index in [1.807, 2.05) is 19.1 Å². The lowest BCUT2D eigenvalue weighted by molar-refractivity contribution is -0.116. The summed E-state index contributed by atoms with van der Waals surface area (Å²) >= 11 is 0. The van der Waals surface area contributed by atoms with Gasteiger partial charge < -0.3 is 15.0 Å². The number of aromatic nitrogens is 2. The zero-order chi connectivity index (χ0) is 16.9. The maximum absolute atomic E-state index is 12.1. The first kappa shape index (κ1) is 16.2. The van der Waals surface area contributed by atoms with Gasteiger partial charge in [-0.1, -0.05) is 0 Å². The van der Waals surface area contributed by atoms with Crippen LogP contribution in [0.1, 0.15) is 5.56 Å². The number of carbonyl (C=O) groups excluding carboxylic acids is 1. The van der Waals surface area contributed by atoms with Crippen LogP contribution in [0.4, 0.5) is 11.4 Å². The largest absolute Gasteiger partial charge is 0.378 e. The van der Waals surface area contributed by atoms with Crippen LogP contribution in [0.25, 0.3) is 0 Å². The zero-order valence-electron chi connectivity index (χ0n) is 13.6. The molecule has 24 heavy (non-hydrogen) atoms. The van der Waals surface area contributed by atoms with Crippen molar-refractivity contribution in [1.29, 1.82) is 0 Å². The van der Waals surface area contributed by atoms with Gasteiger partial charge in [0.25, 0.3) is 0 Å². The monoisotopic (exact) mass is 328 g/mol. The Labute approximate surface area is 139 Å². The van der Waals surface area contributed by atoms with Crippen LogP contribution in [0, 0.1) is 6.92 Å². The lowest BCUT2D eigenvalue weighted by Gasteiger charge is -2.29. The molecule has 7 nitrogen and oxygen atoms in total. The Hall–Kier alpha value is -2.67. The van der Waals surface area contributed by atoms with E-state index in [1.54, 1.807) is 12.3 Å². The van der Waals surface area contributed by atoms with E-state index >= 15 is 0 Å². The number of amides is 1. The molecule has 1 amide bonds. The Bertz CT molecular complexity index is 781. The molecule has 0 atom stereocenters. The van der Waals surface area contributed by atoms with Gasteiger partial charge in [-0.2, -0.15) is 0 Å². The van der Waals surface area contributed by atoms with Crippen LogP contribution >= 0.6 is 0 Å². The second kappa shape index (κ2) is 7.27. The van der Waals surface area contributed by atoms with Crippen molar-refractivity contribution in [2.45, 2.75) is 13.5 Å². The summed E-state index contributed by atoms with van der Waals surface area (Å²) in [6, 6.07) is 7.56. The summed E-state index contributed by atoms with van der Waals surface area (Å²) in [7, 11) is 0. The molecule has 0 bridgehead atoms. The van der Waals surface area contributed by atoms with E-state index in [4.69, 9.17) is 4.74 Å². The van der Waals surface area contributed by atoms with Gasteiger partial charge in [0.1, 0.15) is 6.54 Å². The molecular weight excluding hydrogens is 308 g/mol. The number of rotatable bonds is 4. The summed E-state index contributed by atoms with van der Waals surface area (Å²) in [5, 5.41) is 2.85. The third-order valence-corrected chi connectivity index (χ3v) is 3.96. The molecule has 1 aliphatic heterocycles. The van der Waals surface area contributed by atoms with Crippen molar-refractivity contribution in [2.24, 2.45) is 0 Å². The number of hydrogen-bond acceptors (Lipinski definition) is 5. The maximum Gasteiger partial charge on any atom is 0.347 e. The highest BCUT2D eigenvalue weighted by Gasteiger charge is 2.13. The van der Waals surface area contributed by atoms with Crippen LogP contribution in [0.15, 0.2) is 41.5 Å².